The number of halogens is 1. The van der Waals surface area contributed by atoms with Crippen LogP contribution >= 0.6 is 11.6 Å². The van der Waals surface area contributed by atoms with E-state index in [9.17, 15) is 9.59 Å². The van der Waals surface area contributed by atoms with Gasteiger partial charge in [-0.05, 0) is 30.3 Å². The number of rotatable bonds is 4. The van der Waals surface area contributed by atoms with Crippen LogP contribution < -0.4 is 10.9 Å². The van der Waals surface area contributed by atoms with Gasteiger partial charge >= 0.3 is 0 Å². The number of aromatic nitrogens is 1. The Morgan fingerprint density at radius 2 is 1.50 bits per heavy atom. The average molecular weight is 390 g/mol. The molecule has 1 aromatic heterocycles. The molecule has 0 aliphatic carbocycles. The number of benzene rings is 3. The summed E-state index contributed by atoms with van der Waals surface area (Å²) in [6.07, 6.45) is 1.50. The highest BCUT2D eigenvalue weighted by Gasteiger charge is 2.12. The molecule has 0 aliphatic rings. The Kier molecular flexibility index (Phi) is 4.91. The second-order valence-corrected chi connectivity index (χ2v) is 6.67. The fourth-order valence-corrected chi connectivity index (χ4v) is 3.36. The summed E-state index contributed by atoms with van der Waals surface area (Å²) in [5, 5.41) is 5.70. The number of carbonyl (C=O) groups is 1. The molecule has 0 spiro atoms. The lowest BCUT2D eigenvalue weighted by Crippen LogP contribution is -2.25. The third-order valence-corrected chi connectivity index (χ3v) is 4.82. The van der Waals surface area contributed by atoms with Crippen molar-refractivity contribution in [3.8, 4) is 0 Å². The maximum Gasteiger partial charge on any atom is 0.260 e. The summed E-state index contributed by atoms with van der Waals surface area (Å²) in [7, 11) is 0. The van der Waals surface area contributed by atoms with Crippen LogP contribution in [0.5, 0.6) is 0 Å². The van der Waals surface area contributed by atoms with Crippen LogP contribution in [0.2, 0.25) is 5.02 Å². The molecule has 28 heavy (non-hydrogen) atoms. The normalized spacial score (nSPS) is 11.3. The third kappa shape index (κ3) is 3.40. The number of nitrogens with one attached hydrogen (secondary N) is 1. The Hall–Kier alpha value is -3.44. The van der Waals surface area contributed by atoms with Gasteiger partial charge in [0.1, 0.15) is 6.54 Å². The summed E-state index contributed by atoms with van der Waals surface area (Å²) in [5.74, 6) is -0.303. The summed E-state index contributed by atoms with van der Waals surface area (Å²) in [5.41, 5.74) is 4.60. The van der Waals surface area contributed by atoms with Crippen LogP contribution in [-0.4, -0.2) is 16.7 Å². The van der Waals surface area contributed by atoms with Crippen molar-refractivity contribution >= 4 is 45.5 Å². The molecule has 0 saturated carbocycles. The molecular weight excluding hydrogens is 374 g/mol. The van der Waals surface area contributed by atoms with E-state index in [1.165, 1.54) is 6.21 Å². The number of nitrogens with zero attached hydrogens (tertiary/aromatic N) is 2. The van der Waals surface area contributed by atoms with E-state index >= 15 is 0 Å². The molecule has 0 fully saturated rings. The van der Waals surface area contributed by atoms with Gasteiger partial charge in [0.15, 0.2) is 5.43 Å². The number of amides is 1. The number of carbonyl (C=O) groups excluding carboxylic acids is 1. The quantitative estimate of drug-likeness (QED) is 0.326. The zero-order valence-corrected chi connectivity index (χ0v) is 15.6. The molecule has 6 heteroatoms. The fourth-order valence-electron chi connectivity index (χ4n) is 3.18. The third-order valence-electron chi connectivity index (χ3n) is 4.48. The van der Waals surface area contributed by atoms with Crippen LogP contribution in [0.1, 0.15) is 5.56 Å². The molecule has 0 radical (unpaired) electrons. The Morgan fingerprint density at radius 3 is 2.14 bits per heavy atom. The lowest BCUT2D eigenvalue weighted by Gasteiger charge is -2.14. The molecule has 0 atom stereocenters. The van der Waals surface area contributed by atoms with E-state index in [1.54, 1.807) is 24.3 Å². The maximum absolute atomic E-state index is 12.7. The zero-order valence-electron chi connectivity index (χ0n) is 14.8. The molecule has 4 aromatic rings. The minimum absolute atomic E-state index is 0.0289. The number of hydrogen-bond donors (Lipinski definition) is 1. The Balaban J connectivity index is 1.67. The van der Waals surface area contributed by atoms with Crippen molar-refractivity contribution in [2.24, 2.45) is 5.10 Å². The van der Waals surface area contributed by atoms with Gasteiger partial charge < -0.3 is 4.57 Å². The van der Waals surface area contributed by atoms with Crippen molar-refractivity contribution in [1.29, 1.82) is 0 Å². The first kappa shape index (κ1) is 17.9. The van der Waals surface area contributed by atoms with E-state index in [0.717, 1.165) is 0 Å². The second kappa shape index (κ2) is 7.66. The summed E-state index contributed by atoms with van der Waals surface area (Å²) >= 11 is 6.08. The lowest BCUT2D eigenvalue weighted by molar-refractivity contribution is -0.121. The molecular formula is C22H16ClN3O2. The van der Waals surface area contributed by atoms with Crippen molar-refractivity contribution in [2.45, 2.75) is 6.54 Å². The van der Waals surface area contributed by atoms with E-state index in [2.05, 4.69) is 10.5 Å². The summed E-state index contributed by atoms with van der Waals surface area (Å²) in [4.78, 5) is 25.2. The van der Waals surface area contributed by atoms with Crippen molar-refractivity contribution in [3.05, 3.63) is 93.6 Å². The van der Waals surface area contributed by atoms with E-state index in [1.807, 2.05) is 53.1 Å². The Morgan fingerprint density at radius 1 is 0.929 bits per heavy atom. The van der Waals surface area contributed by atoms with Gasteiger partial charge in [0.25, 0.3) is 5.91 Å². The van der Waals surface area contributed by atoms with Crippen LogP contribution in [0.4, 0.5) is 0 Å². The smallest absolute Gasteiger partial charge is 0.260 e. The van der Waals surface area contributed by atoms with Gasteiger partial charge in [-0.25, -0.2) is 5.43 Å². The van der Waals surface area contributed by atoms with E-state index < -0.39 is 0 Å². The predicted molar refractivity (Wildman–Crippen MR) is 113 cm³/mol. The van der Waals surface area contributed by atoms with Gasteiger partial charge in [0.05, 0.1) is 17.2 Å². The van der Waals surface area contributed by atoms with E-state index in [4.69, 9.17) is 11.6 Å². The topological polar surface area (TPSA) is 63.5 Å². The van der Waals surface area contributed by atoms with Crippen molar-refractivity contribution in [2.75, 3.05) is 0 Å². The van der Waals surface area contributed by atoms with E-state index in [0.29, 0.717) is 32.4 Å². The van der Waals surface area contributed by atoms with Crippen LogP contribution in [0.3, 0.4) is 0 Å². The number of fused-ring (bicyclic) bond motifs is 2. The monoisotopic (exact) mass is 389 g/mol. The first-order valence-electron chi connectivity index (χ1n) is 8.72. The van der Waals surface area contributed by atoms with Crippen LogP contribution in [0, 0.1) is 0 Å². The molecule has 1 N–H and O–H groups in total. The van der Waals surface area contributed by atoms with Crippen molar-refractivity contribution in [1.82, 2.24) is 9.99 Å². The zero-order chi connectivity index (χ0) is 19.5. The SMILES string of the molecule is O=C(Cn1c2ccccc2c(=O)c2ccccc21)N/N=C\c1ccccc1Cl. The summed E-state index contributed by atoms with van der Waals surface area (Å²) in [6.45, 7) is 0.0289. The van der Waals surface area contributed by atoms with Gasteiger partial charge in [-0.2, -0.15) is 5.10 Å². The Labute approximate surface area is 165 Å². The van der Waals surface area contributed by atoms with Crippen LogP contribution in [-0.2, 0) is 11.3 Å². The molecule has 0 saturated heterocycles. The standard InChI is InChI=1S/C22H16ClN3O2/c23-18-10-4-1-7-15(18)13-24-25-21(27)14-26-19-11-5-2-8-16(19)22(28)17-9-3-6-12-20(17)26/h1-13H,14H2,(H,25,27)/b24-13-. The molecule has 0 aliphatic heterocycles. The van der Waals surface area contributed by atoms with Gasteiger partial charge in [-0.1, -0.05) is 54.1 Å². The van der Waals surface area contributed by atoms with Gasteiger partial charge in [-0.3, -0.25) is 9.59 Å². The number of hydrogen-bond acceptors (Lipinski definition) is 3. The van der Waals surface area contributed by atoms with Crippen molar-refractivity contribution in [3.63, 3.8) is 0 Å². The first-order chi connectivity index (χ1) is 13.6. The maximum atomic E-state index is 12.7. The molecule has 0 bridgehead atoms. The van der Waals surface area contributed by atoms with Gasteiger partial charge in [-0.15, -0.1) is 0 Å². The highest BCUT2D eigenvalue weighted by Crippen LogP contribution is 2.19. The number of para-hydroxylation sites is 2. The molecule has 1 heterocycles. The fraction of sp³-hybridized carbons (Fsp3) is 0.0455. The number of hydrazone groups is 1. The molecule has 1 amide bonds. The predicted octanol–water partition coefficient (Wildman–Crippen LogP) is 3.96. The lowest BCUT2D eigenvalue weighted by atomic mass is 10.1. The first-order valence-corrected chi connectivity index (χ1v) is 9.09. The minimum atomic E-state index is -0.303. The van der Waals surface area contributed by atoms with Gasteiger partial charge in [0.2, 0.25) is 0 Å². The largest absolute Gasteiger partial charge is 0.331 e. The molecule has 5 nitrogen and oxygen atoms in total. The average Bonchev–Trinajstić information content (AvgIpc) is 2.72. The molecule has 4 rings (SSSR count). The highest BCUT2D eigenvalue weighted by molar-refractivity contribution is 6.33. The summed E-state index contributed by atoms with van der Waals surface area (Å²) in [6, 6.07) is 21.8. The Bertz CT molecular complexity index is 1220. The second-order valence-electron chi connectivity index (χ2n) is 6.26. The van der Waals surface area contributed by atoms with Crippen molar-refractivity contribution < 1.29 is 4.79 Å². The van der Waals surface area contributed by atoms with E-state index in [-0.39, 0.29) is 17.9 Å². The molecule has 0 unspecified atom stereocenters. The highest BCUT2D eigenvalue weighted by atomic mass is 35.5. The van der Waals surface area contributed by atoms with Crippen LogP contribution in [0.15, 0.2) is 82.7 Å². The van der Waals surface area contributed by atoms with Gasteiger partial charge in [0, 0.05) is 21.4 Å². The molecule has 138 valence electrons. The molecule has 3 aromatic carbocycles. The van der Waals surface area contributed by atoms with Crippen LogP contribution in [0.25, 0.3) is 21.8 Å². The summed E-state index contributed by atoms with van der Waals surface area (Å²) < 4.78 is 1.83. The minimum Gasteiger partial charge on any atom is -0.331 e. The number of pyridine rings is 1.